The van der Waals surface area contributed by atoms with Crippen LogP contribution in [0.15, 0.2) is 28.9 Å². The lowest BCUT2D eigenvalue weighted by Crippen LogP contribution is -2.45. The Balaban J connectivity index is 1.51. The molecule has 1 fully saturated rings. The molecular weight excluding hydrogens is 535 g/mol. The molecule has 0 amide bonds. The first-order valence-electron chi connectivity index (χ1n) is 11.8. The predicted molar refractivity (Wildman–Crippen MR) is 146 cm³/mol. The van der Waals surface area contributed by atoms with Crippen molar-refractivity contribution < 1.29 is 19.1 Å². The highest BCUT2D eigenvalue weighted by Crippen LogP contribution is 2.49. The average molecular weight is 561 g/mol. The van der Waals surface area contributed by atoms with E-state index >= 15 is 0 Å². The normalized spacial score (nSPS) is 14.9. The number of ether oxygens (including phenoxy) is 1. The van der Waals surface area contributed by atoms with Gasteiger partial charge in [0.15, 0.2) is 0 Å². The Morgan fingerprint density at radius 2 is 1.95 bits per heavy atom. The molecule has 4 aromatic rings. The van der Waals surface area contributed by atoms with Crippen molar-refractivity contribution in [3.05, 3.63) is 51.6 Å². The van der Waals surface area contributed by atoms with Gasteiger partial charge in [0.25, 0.3) is 0 Å². The molecule has 1 N–H and O–H groups in total. The van der Waals surface area contributed by atoms with Crippen LogP contribution in [0.2, 0.25) is 10.2 Å². The topological polar surface area (TPSA) is 91.9 Å². The van der Waals surface area contributed by atoms with Crippen LogP contribution >= 0.6 is 34.5 Å². The van der Waals surface area contributed by atoms with Crippen LogP contribution in [0.3, 0.4) is 0 Å². The van der Waals surface area contributed by atoms with Crippen LogP contribution in [0, 0.1) is 13.8 Å². The summed E-state index contributed by atoms with van der Waals surface area (Å²) in [5.41, 5.74) is 2.91. The summed E-state index contributed by atoms with van der Waals surface area (Å²) >= 11 is 14.7. The number of fused-ring (bicyclic) bond motifs is 1. The van der Waals surface area contributed by atoms with E-state index in [1.54, 1.807) is 13.0 Å². The first-order chi connectivity index (χ1) is 17.7. The van der Waals surface area contributed by atoms with E-state index in [9.17, 15) is 9.90 Å². The van der Waals surface area contributed by atoms with E-state index in [1.165, 1.54) is 17.7 Å². The van der Waals surface area contributed by atoms with Gasteiger partial charge in [0.05, 0.1) is 15.3 Å². The van der Waals surface area contributed by atoms with Gasteiger partial charge < -0.3 is 19.2 Å². The van der Waals surface area contributed by atoms with Crippen LogP contribution in [0.5, 0.6) is 5.75 Å². The van der Waals surface area contributed by atoms with Crippen LogP contribution in [-0.2, 0) is 0 Å². The van der Waals surface area contributed by atoms with E-state index < -0.39 is 5.97 Å². The SMILES string of the molecule is Cc1cc(-c2sc3ncnc(Cl)c3c2-c2ccc(OCCN3CCN(C)CC3)c(Cl)c2C)oc1C(=O)O. The minimum Gasteiger partial charge on any atom is -0.491 e. The number of carboxylic acid groups (broad SMARTS) is 1. The van der Waals surface area contributed by atoms with Crippen LogP contribution < -0.4 is 4.74 Å². The lowest BCUT2D eigenvalue weighted by atomic mass is 9.97. The Morgan fingerprint density at radius 1 is 1.19 bits per heavy atom. The number of halogens is 2. The molecule has 194 valence electrons. The van der Waals surface area contributed by atoms with Gasteiger partial charge >= 0.3 is 5.97 Å². The number of piperazine rings is 1. The Morgan fingerprint density at radius 3 is 2.65 bits per heavy atom. The number of benzene rings is 1. The van der Waals surface area contributed by atoms with Crippen LogP contribution in [0.25, 0.3) is 32.0 Å². The predicted octanol–water partition coefficient (Wildman–Crippen LogP) is 5.87. The Kier molecular flexibility index (Phi) is 7.42. The molecule has 8 nitrogen and oxygen atoms in total. The molecule has 0 bridgehead atoms. The van der Waals surface area contributed by atoms with Crippen molar-refractivity contribution in [1.29, 1.82) is 0 Å². The molecule has 0 radical (unpaired) electrons. The van der Waals surface area contributed by atoms with Gasteiger partial charge in [0.2, 0.25) is 5.76 Å². The monoisotopic (exact) mass is 560 g/mol. The number of nitrogens with zero attached hydrogens (tertiary/aromatic N) is 4. The minimum absolute atomic E-state index is 0.102. The summed E-state index contributed by atoms with van der Waals surface area (Å²) in [4.78, 5) is 26.3. The molecule has 37 heavy (non-hydrogen) atoms. The van der Waals surface area contributed by atoms with Gasteiger partial charge in [-0.15, -0.1) is 11.3 Å². The fourth-order valence-corrected chi connectivity index (χ4v) is 6.15. The maximum atomic E-state index is 11.6. The number of rotatable bonds is 7. The van der Waals surface area contributed by atoms with Crippen molar-refractivity contribution in [2.75, 3.05) is 46.4 Å². The third-order valence-corrected chi connectivity index (χ3v) is 8.53. The molecule has 3 aromatic heterocycles. The summed E-state index contributed by atoms with van der Waals surface area (Å²) in [5.74, 6) is -0.189. The van der Waals surface area contributed by atoms with Crippen LogP contribution in [0.1, 0.15) is 21.7 Å². The van der Waals surface area contributed by atoms with Gasteiger partial charge in [0.1, 0.15) is 34.4 Å². The van der Waals surface area contributed by atoms with Gasteiger partial charge in [-0.25, -0.2) is 14.8 Å². The summed E-state index contributed by atoms with van der Waals surface area (Å²) in [7, 11) is 2.14. The standard InChI is InChI=1S/C26H26Cl2N4O4S/c1-14-12-18(36-22(14)26(33)34)23-19(20-24(28)29-13-30-25(20)37-23)16-4-5-17(21(27)15(16)2)35-11-10-32-8-6-31(3)7-9-32/h4-5,12-13H,6-11H2,1-3H3,(H,33,34). The fourth-order valence-electron chi connectivity index (χ4n) is 4.53. The van der Waals surface area contributed by atoms with E-state index in [0.717, 1.165) is 49.4 Å². The number of thiophene rings is 1. The Bertz CT molecular complexity index is 1480. The number of furan rings is 1. The molecule has 1 aliphatic rings. The second kappa shape index (κ2) is 10.6. The first-order valence-corrected chi connectivity index (χ1v) is 13.4. The smallest absolute Gasteiger partial charge is 0.372 e. The van der Waals surface area contributed by atoms with Gasteiger partial charge in [-0.1, -0.05) is 29.3 Å². The fraction of sp³-hybridized carbons (Fsp3) is 0.346. The van der Waals surface area contributed by atoms with Crippen LogP contribution in [-0.4, -0.2) is 77.2 Å². The largest absolute Gasteiger partial charge is 0.491 e. The molecule has 0 spiro atoms. The third kappa shape index (κ3) is 5.06. The van der Waals surface area contributed by atoms with Crippen LogP contribution in [0.4, 0.5) is 0 Å². The highest BCUT2D eigenvalue weighted by molar-refractivity contribution is 7.22. The highest BCUT2D eigenvalue weighted by atomic mass is 35.5. The summed E-state index contributed by atoms with van der Waals surface area (Å²) in [6.07, 6.45) is 1.40. The molecule has 1 aliphatic heterocycles. The first kappa shape index (κ1) is 25.9. The number of aromatic carboxylic acids is 1. The van der Waals surface area contributed by atoms with Gasteiger partial charge in [-0.3, -0.25) is 4.90 Å². The van der Waals surface area contributed by atoms with E-state index in [4.69, 9.17) is 32.4 Å². The number of aryl methyl sites for hydroxylation is 1. The van der Waals surface area contributed by atoms with Crippen molar-refractivity contribution in [2.45, 2.75) is 13.8 Å². The lowest BCUT2D eigenvalue weighted by molar-refractivity contribution is 0.0662. The van der Waals surface area contributed by atoms with Crippen molar-refractivity contribution in [2.24, 2.45) is 0 Å². The van der Waals surface area contributed by atoms with Gasteiger partial charge in [-0.2, -0.15) is 0 Å². The molecule has 0 unspecified atom stereocenters. The van der Waals surface area contributed by atoms with E-state index in [0.29, 0.717) is 48.9 Å². The van der Waals surface area contributed by atoms with Crippen molar-refractivity contribution in [3.63, 3.8) is 0 Å². The number of aromatic nitrogens is 2. The van der Waals surface area contributed by atoms with E-state index in [1.807, 2.05) is 19.1 Å². The molecular formula is C26H26Cl2N4O4S. The Labute approximate surface area is 228 Å². The van der Waals surface area contributed by atoms with E-state index in [2.05, 4.69) is 26.8 Å². The quantitative estimate of drug-likeness (QED) is 0.281. The van der Waals surface area contributed by atoms with E-state index in [-0.39, 0.29) is 5.76 Å². The number of likely N-dealkylation sites (N-methyl/N-ethyl adjacent to an activating group) is 1. The van der Waals surface area contributed by atoms with Crippen molar-refractivity contribution in [3.8, 4) is 27.5 Å². The molecule has 0 atom stereocenters. The molecule has 4 heterocycles. The van der Waals surface area contributed by atoms with Crippen molar-refractivity contribution in [1.82, 2.24) is 19.8 Å². The summed E-state index contributed by atoms with van der Waals surface area (Å²) in [5, 5.41) is 11.0. The number of carboxylic acids is 1. The zero-order valence-electron chi connectivity index (χ0n) is 20.7. The second-order valence-corrected chi connectivity index (χ2v) is 10.9. The summed E-state index contributed by atoms with van der Waals surface area (Å²) in [6, 6.07) is 5.51. The maximum Gasteiger partial charge on any atom is 0.372 e. The molecule has 11 heteroatoms. The maximum absolute atomic E-state index is 11.6. The molecule has 0 saturated carbocycles. The molecule has 1 saturated heterocycles. The van der Waals surface area contributed by atoms with Crippen molar-refractivity contribution >= 4 is 50.7 Å². The second-order valence-electron chi connectivity index (χ2n) is 9.12. The molecule has 1 aromatic carbocycles. The summed E-state index contributed by atoms with van der Waals surface area (Å²) in [6.45, 7) is 9.16. The van der Waals surface area contributed by atoms with Gasteiger partial charge in [0, 0.05) is 43.9 Å². The number of carbonyl (C=O) groups is 1. The molecule has 0 aliphatic carbocycles. The summed E-state index contributed by atoms with van der Waals surface area (Å²) < 4.78 is 11.8. The zero-order chi connectivity index (χ0) is 26.3. The molecule has 5 rings (SSSR count). The third-order valence-electron chi connectivity index (χ3n) is 6.66. The average Bonchev–Trinajstić information content (AvgIpc) is 3.45. The zero-order valence-corrected chi connectivity index (χ0v) is 23.0. The highest BCUT2D eigenvalue weighted by Gasteiger charge is 2.26. The lowest BCUT2D eigenvalue weighted by Gasteiger charge is -2.32. The van der Waals surface area contributed by atoms with Gasteiger partial charge in [-0.05, 0) is 44.2 Å². The Hall–Kier alpha value is -2.69. The number of hydrogen-bond acceptors (Lipinski definition) is 8. The minimum atomic E-state index is -1.12. The number of hydrogen-bond donors (Lipinski definition) is 1.